The van der Waals surface area contributed by atoms with Gasteiger partial charge in [0.05, 0.1) is 0 Å². The fourth-order valence-electron chi connectivity index (χ4n) is 2.38. The molecule has 14 heavy (non-hydrogen) atoms. The third-order valence-corrected chi connectivity index (χ3v) is 3.60. The molecular formula is C11H19NO2. The second-order valence-corrected chi connectivity index (χ2v) is 5.06. The first-order valence-corrected chi connectivity index (χ1v) is 5.61. The van der Waals surface area contributed by atoms with Crippen LogP contribution >= 0.6 is 0 Å². The lowest BCUT2D eigenvalue weighted by atomic mass is 9.96. The number of aliphatic carboxylic acids is 1. The summed E-state index contributed by atoms with van der Waals surface area (Å²) in [4.78, 5) is 11.2. The minimum atomic E-state index is -0.650. The molecule has 2 saturated carbocycles. The van der Waals surface area contributed by atoms with Gasteiger partial charge in [0.1, 0.15) is 5.54 Å². The number of carboxylic acids is 1. The lowest BCUT2D eigenvalue weighted by molar-refractivity contribution is -0.144. The molecule has 2 N–H and O–H groups in total. The third-order valence-electron chi connectivity index (χ3n) is 3.60. The molecular weight excluding hydrogens is 178 g/mol. The van der Waals surface area contributed by atoms with Crippen molar-refractivity contribution in [2.45, 2.75) is 44.6 Å². The Morgan fingerprint density at radius 2 is 2.21 bits per heavy atom. The fourth-order valence-corrected chi connectivity index (χ4v) is 2.38. The van der Waals surface area contributed by atoms with E-state index in [1.54, 1.807) is 0 Å². The number of hydrogen-bond acceptors (Lipinski definition) is 2. The van der Waals surface area contributed by atoms with Crippen molar-refractivity contribution in [2.75, 3.05) is 6.54 Å². The lowest BCUT2D eigenvalue weighted by Crippen LogP contribution is -2.50. The predicted octanol–water partition coefficient (Wildman–Crippen LogP) is 1.63. The van der Waals surface area contributed by atoms with E-state index in [1.165, 1.54) is 12.8 Å². The highest BCUT2D eigenvalue weighted by molar-refractivity contribution is 5.79. The zero-order valence-electron chi connectivity index (χ0n) is 8.75. The zero-order chi connectivity index (χ0) is 10.2. The first-order chi connectivity index (χ1) is 6.62. The first-order valence-electron chi connectivity index (χ1n) is 5.61. The molecule has 2 aliphatic carbocycles. The lowest BCUT2D eigenvalue weighted by Gasteiger charge is -2.25. The molecule has 0 radical (unpaired) electrons. The van der Waals surface area contributed by atoms with Gasteiger partial charge < -0.3 is 10.4 Å². The van der Waals surface area contributed by atoms with E-state index in [0.717, 1.165) is 31.7 Å². The Bertz CT molecular complexity index is 237. The van der Waals surface area contributed by atoms with Crippen molar-refractivity contribution in [2.24, 2.45) is 11.8 Å². The standard InChI is InChI=1S/C11H19NO2/c1-8-4-5-11(6-8,10(13)14)12-7-9-2-3-9/h8-9,12H,2-7H2,1H3,(H,13,14). The van der Waals surface area contributed by atoms with Crippen LogP contribution in [0.2, 0.25) is 0 Å². The average Bonchev–Trinajstić information content (AvgIpc) is 2.87. The Morgan fingerprint density at radius 1 is 1.50 bits per heavy atom. The molecule has 2 rings (SSSR count). The van der Waals surface area contributed by atoms with Crippen LogP contribution in [0.15, 0.2) is 0 Å². The first kappa shape index (κ1) is 9.97. The maximum Gasteiger partial charge on any atom is 0.323 e. The summed E-state index contributed by atoms with van der Waals surface area (Å²) in [5, 5.41) is 12.5. The second kappa shape index (κ2) is 3.54. The van der Waals surface area contributed by atoms with E-state index in [9.17, 15) is 9.90 Å². The summed E-state index contributed by atoms with van der Waals surface area (Å²) < 4.78 is 0. The number of carbonyl (C=O) groups is 1. The predicted molar refractivity (Wildman–Crippen MR) is 54.1 cm³/mol. The minimum Gasteiger partial charge on any atom is -0.480 e. The number of nitrogens with one attached hydrogen (secondary N) is 1. The van der Waals surface area contributed by atoms with Crippen molar-refractivity contribution in [3.63, 3.8) is 0 Å². The van der Waals surface area contributed by atoms with Crippen molar-refractivity contribution in [3.8, 4) is 0 Å². The second-order valence-electron chi connectivity index (χ2n) is 5.06. The van der Waals surface area contributed by atoms with Gasteiger partial charge in [-0.1, -0.05) is 6.92 Å². The molecule has 2 aliphatic rings. The van der Waals surface area contributed by atoms with Gasteiger partial charge in [0, 0.05) is 0 Å². The molecule has 2 atom stereocenters. The highest BCUT2D eigenvalue weighted by atomic mass is 16.4. The van der Waals surface area contributed by atoms with E-state index in [-0.39, 0.29) is 0 Å². The van der Waals surface area contributed by atoms with Crippen molar-refractivity contribution in [3.05, 3.63) is 0 Å². The van der Waals surface area contributed by atoms with E-state index >= 15 is 0 Å². The molecule has 2 fully saturated rings. The Kier molecular flexibility index (Phi) is 2.52. The highest BCUT2D eigenvalue weighted by Gasteiger charge is 2.44. The van der Waals surface area contributed by atoms with Crippen LogP contribution in [0, 0.1) is 11.8 Å². The van der Waals surface area contributed by atoms with Gasteiger partial charge in [-0.05, 0) is 50.5 Å². The van der Waals surface area contributed by atoms with Crippen LogP contribution in [-0.4, -0.2) is 23.2 Å². The smallest absolute Gasteiger partial charge is 0.323 e. The van der Waals surface area contributed by atoms with Gasteiger partial charge in [0.2, 0.25) is 0 Å². The Morgan fingerprint density at radius 3 is 2.64 bits per heavy atom. The summed E-state index contributed by atoms with van der Waals surface area (Å²) in [6, 6.07) is 0. The number of rotatable bonds is 4. The normalized spacial score (nSPS) is 37.4. The van der Waals surface area contributed by atoms with Crippen LogP contribution in [0.1, 0.15) is 39.0 Å². The Balaban J connectivity index is 1.94. The maximum absolute atomic E-state index is 11.2. The van der Waals surface area contributed by atoms with Gasteiger partial charge >= 0.3 is 5.97 Å². The van der Waals surface area contributed by atoms with Gasteiger partial charge in [0.25, 0.3) is 0 Å². The maximum atomic E-state index is 11.2. The molecule has 3 heteroatoms. The van der Waals surface area contributed by atoms with E-state index < -0.39 is 11.5 Å². The monoisotopic (exact) mass is 197 g/mol. The number of carboxylic acid groups (broad SMARTS) is 1. The Labute approximate surface area is 84.9 Å². The molecule has 0 bridgehead atoms. The van der Waals surface area contributed by atoms with Crippen LogP contribution < -0.4 is 5.32 Å². The third kappa shape index (κ3) is 1.92. The van der Waals surface area contributed by atoms with Gasteiger partial charge in [0.15, 0.2) is 0 Å². The number of hydrogen-bond donors (Lipinski definition) is 2. The summed E-state index contributed by atoms with van der Waals surface area (Å²) >= 11 is 0. The van der Waals surface area contributed by atoms with Crippen molar-refractivity contribution in [1.29, 1.82) is 0 Å². The van der Waals surface area contributed by atoms with Crippen LogP contribution in [0.5, 0.6) is 0 Å². The molecule has 0 amide bonds. The summed E-state index contributed by atoms with van der Waals surface area (Å²) in [6.45, 7) is 3.04. The molecule has 0 aromatic rings. The highest BCUT2D eigenvalue weighted by Crippen LogP contribution is 2.36. The minimum absolute atomic E-state index is 0.554. The van der Waals surface area contributed by atoms with Gasteiger partial charge in [-0.25, -0.2) is 0 Å². The molecule has 0 aromatic carbocycles. The summed E-state index contributed by atoms with van der Waals surface area (Å²) in [6.07, 6.45) is 5.20. The fraction of sp³-hybridized carbons (Fsp3) is 0.909. The van der Waals surface area contributed by atoms with Gasteiger partial charge in [-0.3, -0.25) is 4.79 Å². The molecule has 3 nitrogen and oxygen atoms in total. The van der Waals surface area contributed by atoms with Gasteiger partial charge in [-0.2, -0.15) is 0 Å². The van der Waals surface area contributed by atoms with Crippen LogP contribution in [-0.2, 0) is 4.79 Å². The van der Waals surface area contributed by atoms with Gasteiger partial charge in [-0.15, -0.1) is 0 Å². The van der Waals surface area contributed by atoms with Crippen LogP contribution in [0.4, 0.5) is 0 Å². The van der Waals surface area contributed by atoms with Crippen LogP contribution in [0.3, 0.4) is 0 Å². The average molecular weight is 197 g/mol. The molecule has 0 heterocycles. The van der Waals surface area contributed by atoms with Crippen molar-refractivity contribution >= 4 is 5.97 Å². The summed E-state index contributed by atoms with van der Waals surface area (Å²) in [7, 11) is 0. The quantitative estimate of drug-likeness (QED) is 0.720. The van der Waals surface area contributed by atoms with Crippen molar-refractivity contribution < 1.29 is 9.90 Å². The SMILES string of the molecule is CC1CCC(NCC2CC2)(C(=O)O)C1. The molecule has 2 unspecified atom stereocenters. The molecule has 0 aromatic heterocycles. The van der Waals surface area contributed by atoms with Crippen molar-refractivity contribution in [1.82, 2.24) is 5.32 Å². The van der Waals surface area contributed by atoms with E-state index in [4.69, 9.17) is 0 Å². The van der Waals surface area contributed by atoms with E-state index in [1.807, 2.05) is 0 Å². The molecule has 0 aliphatic heterocycles. The van der Waals surface area contributed by atoms with E-state index in [0.29, 0.717) is 5.92 Å². The zero-order valence-corrected chi connectivity index (χ0v) is 8.75. The molecule has 0 spiro atoms. The largest absolute Gasteiger partial charge is 0.480 e. The Hall–Kier alpha value is -0.570. The summed E-state index contributed by atoms with van der Waals surface area (Å²) in [5.74, 6) is 0.655. The van der Waals surface area contributed by atoms with E-state index in [2.05, 4.69) is 12.2 Å². The topological polar surface area (TPSA) is 49.3 Å². The molecule has 0 saturated heterocycles. The summed E-state index contributed by atoms with van der Waals surface area (Å²) in [5.41, 5.74) is -0.595. The molecule has 80 valence electrons. The van der Waals surface area contributed by atoms with Crippen LogP contribution in [0.25, 0.3) is 0 Å².